The van der Waals surface area contributed by atoms with Crippen LogP contribution in [0.1, 0.15) is 27.2 Å². The predicted molar refractivity (Wildman–Crippen MR) is 117 cm³/mol. The number of para-hydroxylation sites is 1. The van der Waals surface area contributed by atoms with E-state index in [4.69, 9.17) is 4.74 Å². The normalized spacial score (nSPS) is 18.3. The van der Waals surface area contributed by atoms with Gasteiger partial charge in [-0.05, 0) is 24.5 Å². The minimum atomic E-state index is 0.0535. The Balaban J connectivity index is 1.74. The van der Waals surface area contributed by atoms with Crippen LogP contribution in [0.3, 0.4) is 0 Å². The van der Waals surface area contributed by atoms with Gasteiger partial charge in [-0.1, -0.05) is 32.9 Å². The molecule has 0 aromatic heterocycles. The lowest BCUT2D eigenvalue weighted by molar-refractivity contribution is -0.133. The lowest BCUT2D eigenvalue weighted by Gasteiger charge is -2.21. The maximum atomic E-state index is 12.1. The third kappa shape index (κ3) is 6.62. The smallest absolute Gasteiger partial charge is 0.225 e. The van der Waals surface area contributed by atoms with Crippen molar-refractivity contribution in [2.24, 2.45) is 16.8 Å². The SMILES string of the molecule is CN=C(NCC(C)CSc1ccccc1OC)NC1CCN(C(=O)C(C)C)C1. The molecule has 7 heteroatoms. The third-order valence-electron chi connectivity index (χ3n) is 4.77. The van der Waals surface area contributed by atoms with E-state index in [0.717, 1.165) is 43.5 Å². The average molecular weight is 407 g/mol. The summed E-state index contributed by atoms with van der Waals surface area (Å²) in [4.78, 5) is 19.6. The van der Waals surface area contributed by atoms with E-state index in [1.165, 1.54) is 4.90 Å². The van der Waals surface area contributed by atoms with Crippen molar-refractivity contribution in [3.8, 4) is 5.75 Å². The summed E-state index contributed by atoms with van der Waals surface area (Å²) in [5, 5.41) is 6.87. The van der Waals surface area contributed by atoms with Gasteiger partial charge in [-0.3, -0.25) is 9.79 Å². The number of hydrogen-bond donors (Lipinski definition) is 2. The highest BCUT2D eigenvalue weighted by Gasteiger charge is 2.27. The van der Waals surface area contributed by atoms with E-state index in [-0.39, 0.29) is 17.9 Å². The van der Waals surface area contributed by atoms with Gasteiger partial charge in [0.1, 0.15) is 5.75 Å². The van der Waals surface area contributed by atoms with Crippen LogP contribution in [0.2, 0.25) is 0 Å². The fraction of sp³-hybridized carbons (Fsp3) is 0.619. The average Bonchev–Trinajstić information content (AvgIpc) is 3.17. The Bertz CT molecular complexity index is 666. The van der Waals surface area contributed by atoms with Crippen LogP contribution in [0.5, 0.6) is 5.75 Å². The van der Waals surface area contributed by atoms with E-state index in [1.54, 1.807) is 14.2 Å². The Hall–Kier alpha value is -1.89. The Morgan fingerprint density at radius 1 is 1.36 bits per heavy atom. The van der Waals surface area contributed by atoms with Gasteiger partial charge in [-0.25, -0.2) is 0 Å². The first-order valence-corrected chi connectivity index (χ1v) is 10.9. The van der Waals surface area contributed by atoms with E-state index < -0.39 is 0 Å². The van der Waals surface area contributed by atoms with Gasteiger partial charge in [-0.2, -0.15) is 0 Å². The summed E-state index contributed by atoms with van der Waals surface area (Å²) in [6.45, 7) is 8.53. The quantitative estimate of drug-likeness (QED) is 0.395. The maximum absolute atomic E-state index is 12.1. The zero-order valence-electron chi connectivity index (χ0n) is 17.7. The van der Waals surface area contributed by atoms with Crippen LogP contribution in [0, 0.1) is 11.8 Å². The molecule has 1 amide bonds. The maximum Gasteiger partial charge on any atom is 0.225 e. The second kappa shape index (κ2) is 11.2. The van der Waals surface area contributed by atoms with Crippen LogP contribution < -0.4 is 15.4 Å². The lowest BCUT2D eigenvalue weighted by Crippen LogP contribution is -2.46. The molecule has 1 aromatic rings. The van der Waals surface area contributed by atoms with E-state index in [2.05, 4.69) is 28.6 Å². The number of thioether (sulfide) groups is 1. The van der Waals surface area contributed by atoms with E-state index in [9.17, 15) is 4.79 Å². The molecule has 0 spiro atoms. The topological polar surface area (TPSA) is 66.0 Å². The summed E-state index contributed by atoms with van der Waals surface area (Å²) in [6.07, 6.45) is 0.957. The van der Waals surface area contributed by atoms with Crippen LogP contribution in [0.15, 0.2) is 34.2 Å². The van der Waals surface area contributed by atoms with Crippen molar-refractivity contribution in [2.75, 3.05) is 39.5 Å². The Morgan fingerprint density at radius 2 is 2.11 bits per heavy atom. The number of guanidine groups is 1. The number of carbonyl (C=O) groups excluding carboxylic acids is 1. The molecule has 2 atom stereocenters. The molecule has 0 aliphatic carbocycles. The molecule has 0 bridgehead atoms. The second-order valence-corrected chi connectivity index (χ2v) is 8.65. The highest BCUT2D eigenvalue weighted by molar-refractivity contribution is 7.99. The number of methoxy groups -OCH3 is 1. The van der Waals surface area contributed by atoms with Gasteiger partial charge in [0.2, 0.25) is 5.91 Å². The predicted octanol–water partition coefficient (Wildman–Crippen LogP) is 2.85. The van der Waals surface area contributed by atoms with Gasteiger partial charge in [0.25, 0.3) is 0 Å². The van der Waals surface area contributed by atoms with Gasteiger partial charge in [-0.15, -0.1) is 11.8 Å². The highest BCUT2D eigenvalue weighted by Crippen LogP contribution is 2.29. The van der Waals surface area contributed by atoms with Crippen LogP contribution in [0.4, 0.5) is 0 Å². The summed E-state index contributed by atoms with van der Waals surface area (Å²) in [5.41, 5.74) is 0. The summed E-state index contributed by atoms with van der Waals surface area (Å²) in [7, 11) is 3.49. The number of aliphatic imine (C=N–C) groups is 1. The molecule has 1 heterocycles. The number of nitrogens with one attached hydrogen (secondary N) is 2. The summed E-state index contributed by atoms with van der Waals surface area (Å²) >= 11 is 1.81. The first kappa shape index (κ1) is 22.4. The van der Waals surface area contributed by atoms with E-state index in [1.807, 2.05) is 48.7 Å². The molecule has 1 aromatic carbocycles. The second-order valence-electron chi connectivity index (χ2n) is 7.59. The molecule has 1 saturated heterocycles. The number of likely N-dealkylation sites (tertiary alicyclic amines) is 1. The minimum absolute atomic E-state index is 0.0535. The number of benzene rings is 1. The molecule has 1 aliphatic heterocycles. The Kier molecular flexibility index (Phi) is 8.96. The Morgan fingerprint density at radius 3 is 2.79 bits per heavy atom. The van der Waals surface area contributed by atoms with Crippen LogP contribution in [-0.2, 0) is 4.79 Å². The molecule has 6 nitrogen and oxygen atoms in total. The van der Waals surface area contributed by atoms with Gasteiger partial charge in [0.15, 0.2) is 5.96 Å². The molecule has 1 fully saturated rings. The van der Waals surface area contributed by atoms with Crippen molar-refractivity contribution in [1.29, 1.82) is 0 Å². The summed E-state index contributed by atoms with van der Waals surface area (Å²) < 4.78 is 5.41. The number of amides is 1. The van der Waals surface area contributed by atoms with Crippen molar-refractivity contribution in [2.45, 2.75) is 38.1 Å². The van der Waals surface area contributed by atoms with Crippen molar-refractivity contribution >= 4 is 23.6 Å². The zero-order chi connectivity index (χ0) is 20.5. The molecule has 28 heavy (non-hydrogen) atoms. The van der Waals surface area contributed by atoms with Crippen LogP contribution in [-0.4, -0.2) is 62.4 Å². The standard InChI is InChI=1S/C21H34N4O2S/c1-15(2)20(26)25-11-10-17(13-25)24-21(22-4)23-12-16(3)14-28-19-9-7-6-8-18(19)27-5/h6-9,15-17H,10-14H2,1-5H3,(H2,22,23,24). The Labute approximate surface area is 173 Å². The number of ether oxygens (including phenoxy) is 1. The largest absolute Gasteiger partial charge is 0.496 e. The van der Waals surface area contributed by atoms with E-state index >= 15 is 0 Å². The van der Waals surface area contributed by atoms with Gasteiger partial charge >= 0.3 is 0 Å². The molecule has 2 rings (SSSR count). The first-order valence-electron chi connectivity index (χ1n) is 9.96. The van der Waals surface area contributed by atoms with Crippen LogP contribution >= 0.6 is 11.8 Å². The monoisotopic (exact) mass is 406 g/mol. The number of rotatable bonds is 8. The minimum Gasteiger partial charge on any atom is -0.496 e. The molecule has 0 radical (unpaired) electrons. The summed E-state index contributed by atoms with van der Waals surface area (Å²) in [5.74, 6) is 3.47. The van der Waals surface area contributed by atoms with Crippen molar-refractivity contribution in [1.82, 2.24) is 15.5 Å². The zero-order valence-corrected chi connectivity index (χ0v) is 18.5. The fourth-order valence-electron chi connectivity index (χ4n) is 3.13. The van der Waals surface area contributed by atoms with Gasteiger partial charge in [0.05, 0.1) is 7.11 Å². The van der Waals surface area contributed by atoms with Gasteiger partial charge < -0.3 is 20.3 Å². The highest BCUT2D eigenvalue weighted by atomic mass is 32.2. The third-order valence-corrected chi connectivity index (χ3v) is 6.15. The molecule has 1 aliphatic rings. The van der Waals surface area contributed by atoms with Gasteiger partial charge in [0, 0.05) is 49.3 Å². The lowest BCUT2D eigenvalue weighted by atomic mass is 10.2. The fourth-order valence-corrected chi connectivity index (χ4v) is 4.18. The first-order chi connectivity index (χ1) is 13.4. The van der Waals surface area contributed by atoms with Crippen molar-refractivity contribution < 1.29 is 9.53 Å². The van der Waals surface area contributed by atoms with Crippen molar-refractivity contribution in [3.63, 3.8) is 0 Å². The number of nitrogens with zero attached hydrogens (tertiary/aromatic N) is 2. The number of hydrogen-bond acceptors (Lipinski definition) is 4. The molecule has 2 unspecified atom stereocenters. The molecule has 0 saturated carbocycles. The number of carbonyl (C=O) groups is 1. The summed E-state index contributed by atoms with van der Waals surface area (Å²) in [6, 6.07) is 8.37. The van der Waals surface area contributed by atoms with Crippen molar-refractivity contribution in [3.05, 3.63) is 24.3 Å². The molecule has 2 N–H and O–H groups in total. The molecule has 156 valence electrons. The molecular weight excluding hydrogens is 372 g/mol. The van der Waals surface area contributed by atoms with Crippen LogP contribution in [0.25, 0.3) is 0 Å². The van der Waals surface area contributed by atoms with E-state index in [0.29, 0.717) is 5.92 Å². The molecular formula is C21H34N4O2S.